The zero-order chi connectivity index (χ0) is 11.4. The fraction of sp³-hybridized carbons (Fsp3) is 0.750. The summed E-state index contributed by atoms with van der Waals surface area (Å²) in [7, 11) is 0. The molecule has 1 aliphatic rings. The lowest BCUT2D eigenvalue weighted by Gasteiger charge is -2.22. The van der Waals surface area contributed by atoms with Crippen molar-refractivity contribution in [3.05, 3.63) is 18.2 Å². The summed E-state index contributed by atoms with van der Waals surface area (Å²) in [6, 6.07) is 0.384. The van der Waals surface area contributed by atoms with E-state index in [0.29, 0.717) is 6.04 Å². The van der Waals surface area contributed by atoms with Crippen LogP contribution in [0.15, 0.2) is 12.4 Å². The number of hydrogen-bond donors (Lipinski definition) is 2. The second-order valence-electron chi connectivity index (χ2n) is 4.65. The van der Waals surface area contributed by atoms with E-state index in [1.807, 2.05) is 12.4 Å². The second-order valence-corrected chi connectivity index (χ2v) is 4.65. The molecule has 0 amide bonds. The van der Waals surface area contributed by atoms with E-state index in [1.54, 1.807) is 0 Å². The summed E-state index contributed by atoms with van der Waals surface area (Å²) in [6.45, 7) is 3.13. The minimum atomic E-state index is 0.384. The highest BCUT2D eigenvalue weighted by atomic mass is 15.2. The van der Waals surface area contributed by atoms with E-state index in [4.69, 9.17) is 5.84 Å². The molecule has 1 aromatic rings. The van der Waals surface area contributed by atoms with Gasteiger partial charge in [-0.1, -0.05) is 12.8 Å². The Morgan fingerprint density at radius 3 is 2.94 bits per heavy atom. The third-order valence-electron chi connectivity index (χ3n) is 3.73. The first kappa shape index (κ1) is 11.6. The number of aryl methyl sites for hydroxylation is 1. The van der Waals surface area contributed by atoms with Crippen molar-refractivity contribution < 1.29 is 0 Å². The van der Waals surface area contributed by atoms with Crippen LogP contribution >= 0.6 is 0 Å². The first-order chi connectivity index (χ1) is 7.85. The molecule has 1 aliphatic carbocycles. The minimum absolute atomic E-state index is 0.384. The molecule has 2 rings (SSSR count). The van der Waals surface area contributed by atoms with Gasteiger partial charge in [0, 0.05) is 31.4 Å². The molecule has 90 valence electrons. The van der Waals surface area contributed by atoms with Crippen molar-refractivity contribution in [2.75, 3.05) is 0 Å². The summed E-state index contributed by atoms with van der Waals surface area (Å²) in [5, 5.41) is 0. The van der Waals surface area contributed by atoms with E-state index in [0.717, 1.165) is 24.7 Å². The van der Waals surface area contributed by atoms with Gasteiger partial charge in [-0.15, -0.1) is 0 Å². The lowest BCUT2D eigenvalue weighted by Crippen LogP contribution is -2.42. The molecule has 1 saturated carbocycles. The molecule has 0 spiro atoms. The molecule has 3 N–H and O–H groups in total. The van der Waals surface area contributed by atoms with Gasteiger partial charge in [-0.3, -0.25) is 11.3 Å². The Labute approximate surface area is 97.2 Å². The van der Waals surface area contributed by atoms with Crippen LogP contribution in [0.3, 0.4) is 0 Å². The Morgan fingerprint density at radius 1 is 1.56 bits per heavy atom. The van der Waals surface area contributed by atoms with Gasteiger partial charge in [0.25, 0.3) is 0 Å². The highest BCUT2D eigenvalue weighted by Gasteiger charge is 2.25. The van der Waals surface area contributed by atoms with Crippen LogP contribution in [0, 0.1) is 5.92 Å². The topological polar surface area (TPSA) is 55.9 Å². The molecule has 0 saturated heterocycles. The van der Waals surface area contributed by atoms with Crippen molar-refractivity contribution in [2.24, 2.45) is 11.8 Å². The number of nitrogens with two attached hydrogens (primary N) is 1. The maximum atomic E-state index is 5.67. The van der Waals surface area contributed by atoms with Crippen molar-refractivity contribution in [1.29, 1.82) is 0 Å². The van der Waals surface area contributed by atoms with Gasteiger partial charge in [-0.2, -0.15) is 0 Å². The SMILES string of the molecule is CCn1ccnc1CC(NN)C1CCCC1. The maximum Gasteiger partial charge on any atom is 0.110 e. The highest BCUT2D eigenvalue weighted by molar-refractivity contribution is 4.97. The first-order valence-electron chi connectivity index (χ1n) is 6.31. The van der Waals surface area contributed by atoms with Crippen LogP contribution in [-0.4, -0.2) is 15.6 Å². The van der Waals surface area contributed by atoms with Gasteiger partial charge in [-0.05, 0) is 25.7 Å². The van der Waals surface area contributed by atoms with E-state index < -0.39 is 0 Å². The molecule has 1 aromatic heterocycles. The van der Waals surface area contributed by atoms with Crippen LogP contribution in [0.4, 0.5) is 0 Å². The number of aromatic nitrogens is 2. The lowest BCUT2D eigenvalue weighted by atomic mass is 9.95. The molecule has 4 nitrogen and oxygen atoms in total. The third-order valence-corrected chi connectivity index (χ3v) is 3.73. The van der Waals surface area contributed by atoms with E-state index >= 15 is 0 Å². The fourth-order valence-electron chi connectivity index (χ4n) is 2.74. The predicted molar refractivity (Wildman–Crippen MR) is 64.7 cm³/mol. The normalized spacial score (nSPS) is 19.1. The molecule has 16 heavy (non-hydrogen) atoms. The Balaban J connectivity index is 2.00. The van der Waals surface area contributed by atoms with E-state index in [9.17, 15) is 0 Å². The number of hydrogen-bond acceptors (Lipinski definition) is 3. The molecule has 0 radical (unpaired) electrons. The van der Waals surface area contributed by atoms with E-state index in [2.05, 4.69) is 21.9 Å². The van der Waals surface area contributed by atoms with Gasteiger partial charge in [-0.25, -0.2) is 4.98 Å². The molecule has 0 aliphatic heterocycles. The monoisotopic (exact) mass is 222 g/mol. The van der Waals surface area contributed by atoms with Crippen LogP contribution in [0.2, 0.25) is 0 Å². The minimum Gasteiger partial charge on any atom is -0.335 e. The van der Waals surface area contributed by atoms with E-state index in [1.165, 1.54) is 25.7 Å². The van der Waals surface area contributed by atoms with Gasteiger partial charge in [0.1, 0.15) is 5.82 Å². The molecular weight excluding hydrogens is 200 g/mol. The second kappa shape index (κ2) is 5.46. The molecule has 0 aromatic carbocycles. The summed E-state index contributed by atoms with van der Waals surface area (Å²) in [5.74, 6) is 7.55. The summed E-state index contributed by atoms with van der Waals surface area (Å²) in [4.78, 5) is 4.41. The molecule has 4 heteroatoms. The number of nitrogens with one attached hydrogen (secondary N) is 1. The van der Waals surface area contributed by atoms with Crippen LogP contribution in [-0.2, 0) is 13.0 Å². The Bertz CT molecular complexity index is 315. The average molecular weight is 222 g/mol. The molecule has 1 atom stereocenters. The third kappa shape index (κ3) is 2.44. The molecular formula is C12H22N4. The van der Waals surface area contributed by atoms with Crippen molar-refractivity contribution >= 4 is 0 Å². The summed E-state index contributed by atoms with van der Waals surface area (Å²) >= 11 is 0. The number of nitrogens with zero attached hydrogens (tertiary/aromatic N) is 2. The Kier molecular flexibility index (Phi) is 3.96. The highest BCUT2D eigenvalue weighted by Crippen LogP contribution is 2.28. The Morgan fingerprint density at radius 2 is 2.31 bits per heavy atom. The fourth-order valence-corrected chi connectivity index (χ4v) is 2.74. The van der Waals surface area contributed by atoms with Gasteiger partial charge in [0.2, 0.25) is 0 Å². The van der Waals surface area contributed by atoms with Crippen molar-refractivity contribution in [1.82, 2.24) is 15.0 Å². The van der Waals surface area contributed by atoms with Crippen molar-refractivity contribution in [3.63, 3.8) is 0 Å². The molecule has 1 heterocycles. The summed E-state index contributed by atoms with van der Waals surface area (Å²) < 4.78 is 2.19. The number of hydrazine groups is 1. The molecule has 0 bridgehead atoms. The van der Waals surface area contributed by atoms with Crippen molar-refractivity contribution in [2.45, 2.75) is 51.6 Å². The van der Waals surface area contributed by atoms with Crippen molar-refractivity contribution in [3.8, 4) is 0 Å². The van der Waals surface area contributed by atoms with Crippen LogP contribution in [0.25, 0.3) is 0 Å². The summed E-state index contributed by atoms with van der Waals surface area (Å²) in [5.41, 5.74) is 2.98. The van der Waals surface area contributed by atoms with Gasteiger partial charge < -0.3 is 4.57 Å². The maximum absolute atomic E-state index is 5.67. The van der Waals surface area contributed by atoms with Crippen LogP contribution in [0.1, 0.15) is 38.4 Å². The van der Waals surface area contributed by atoms with Crippen LogP contribution < -0.4 is 11.3 Å². The van der Waals surface area contributed by atoms with Gasteiger partial charge >= 0.3 is 0 Å². The number of imidazole rings is 1. The quantitative estimate of drug-likeness (QED) is 0.586. The first-order valence-corrected chi connectivity index (χ1v) is 6.31. The average Bonchev–Trinajstić information content (AvgIpc) is 2.96. The standard InChI is InChI=1S/C12H22N4/c1-2-16-8-7-14-12(16)9-11(15-13)10-5-3-4-6-10/h7-8,10-11,15H,2-6,9,13H2,1H3. The number of rotatable bonds is 5. The van der Waals surface area contributed by atoms with E-state index in [-0.39, 0.29) is 0 Å². The zero-order valence-corrected chi connectivity index (χ0v) is 10.0. The smallest absolute Gasteiger partial charge is 0.110 e. The van der Waals surface area contributed by atoms with Crippen LogP contribution in [0.5, 0.6) is 0 Å². The predicted octanol–water partition coefficient (Wildman–Crippen LogP) is 1.47. The lowest BCUT2D eigenvalue weighted by molar-refractivity contribution is 0.353. The molecule has 1 unspecified atom stereocenters. The summed E-state index contributed by atoms with van der Waals surface area (Å²) in [6.07, 6.45) is 10.2. The Hall–Kier alpha value is -0.870. The largest absolute Gasteiger partial charge is 0.335 e. The zero-order valence-electron chi connectivity index (χ0n) is 10.0. The van der Waals surface area contributed by atoms with Gasteiger partial charge in [0.05, 0.1) is 0 Å². The van der Waals surface area contributed by atoms with Gasteiger partial charge in [0.15, 0.2) is 0 Å². The molecule has 1 fully saturated rings.